The van der Waals surface area contributed by atoms with Crippen LogP contribution in [0, 0.1) is 13.8 Å². The Labute approximate surface area is 187 Å². The number of nitrogens with zero attached hydrogens (tertiary/aromatic N) is 2. The summed E-state index contributed by atoms with van der Waals surface area (Å²) in [6, 6.07) is 6.17. The van der Waals surface area contributed by atoms with Crippen molar-refractivity contribution >= 4 is 28.8 Å². The Bertz CT molecular complexity index is 1020. The fourth-order valence-electron chi connectivity index (χ4n) is 4.01. The molecule has 4 rings (SSSR count). The van der Waals surface area contributed by atoms with Crippen molar-refractivity contribution in [3.05, 3.63) is 57.3 Å². The molecule has 1 unspecified atom stereocenters. The minimum atomic E-state index is -0.380. The molecule has 1 aromatic carbocycles. The third kappa shape index (κ3) is 4.56. The largest absolute Gasteiger partial charge is 0.459 e. The van der Waals surface area contributed by atoms with Gasteiger partial charge in [-0.2, -0.15) is 0 Å². The maximum atomic E-state index is 13.2. The van der Waals surface area contributed by atoms with Crippen molar-refractivity contribution in [1.29, 1.82) is 0 Å². The molecule has 1 amide bonds. The van der Waals surface area contributed by atoms with E-state index < -0.39 is 0 Å². The molecule has 0 radical (unpaired) electrons. The van der Waals surface area contributed by atoms with Gasteiger partial charge in [0.2, 0.25) is 5.91 Å². The number of hydrogen-bond donors (Lipinski definition) is 1. The molecule has 6 nitrogen and oxygen atoms in total. The van der Waals surface area contributed by atoms with Crippen LogP contribution in [0.2, 0.25) is 0 Å². The highest BCUT2D eigenvalue weighted by Crippen LogP contribution is 2.45. The van der Waals surface area contributed by atoms with Crippen LogP contribution in [0.4, 0.5) is 0 Å². The quantitative estimate of drug-likeness (QED) is 0.661. The van der Waals surface area contributed by atoms with Gasteiger partial charge in [-0.15, -0.1) is 0 Å². The van der Waals surface area contributed by atoms with E-state index in [1.54, 1.807) is 0 Å². The van der Waals surface area contributed by atoms with Crippen LogP contribution in [0.25, 0.3) is 0 Å². The molecule has 2 aliphatic heterocycles. The number of fused-ring (bicyclic) bond motifs is 1. The van der Waals surface area contributed by atoms with Gasteiger partial charge in [-0.25, -0.2) is 9.79 Å². The topological polar surface area (TPSA) is 71.0 Å². The molecule has 31 heavy (non-hydrogen) atoms. The maximum absolute atomic E-state index is 13.2. The smallest absolute Gasteiger partial charge is 0.338 e. The highest BCUT2D eigenvalue weighted by molar-refractivity contribution is 8.16. The summed E-state index contributed by atoms with van der Waals surface area (Å²) in [4.78, 5) is 32.5. The third-order valence-corrected chi connectivity index (χ3v) is 6.46. The Morgan fingerprint density at radius 3 is 2.65 bits per heavy atom. The number of benzene rings is 1. The van der Waals surface area contributed by atoms with Gasteiger partial charge in [-0.3, -0.25) is 4.79 Å². The molecule has 1 N–H and O–H groups in total. The third-order valence-electron chi connectivity index (χ3n) is 5.57. The van der Waals surface area contributed by atoms with Crippen LogP contribution in [-0.4, -0.2) is 34.1 Å². The summed E-state index contributed by atoms with van der Waals surface area (Å²) in [5.74, 6) is -0.355. The number of carbonyl (C=O) groups is 2. The van der Waals surface area contributed by atoms with Crippen LogP contribution in [0.15, 0.2) is 45.6 Å². The number of hydrogen-bond acceptors (Lipinski definition) is 6. The first-order chi connectivity index (χ1) is 14.7. The number of ether oxygens (including phenoxy) is 1. The van der Waals surface area contributed by atoms with Crippen LogP contribution < -0.4 is 5.32 Å². The van der Waals surface area contributed by atoms with Crippen molar-refractivity contribution in [3.63, 3.8) is 0 Å². The van der Waals surface area contributed by atoms with Crippen molar-refractivity contribution in [1.82, 2.24) is 10.2 Å². The lowest BCUT2D eigenvalue weighted by Crippen LogP contribution is -2.38. The minimum absolute atomic E-state index is 0.00700. The van der Waals surface area contributed by atoms with Gasteiger partial charge in [0.15, 0.2) is 5.17 Å². The second-order valence-electron chi connectivity index (χ2n) is 8.73. The zero-order valence-electron chi connectivity index (χ0n) is 18.7. The second kappa shape index (κ2) is 8.54. The summed E-state index contributed by atoms with van der Waals surface area (Å²) in [6.07, 6.45) is 2.13. The van der Waals surface area contributed by atoms with Crippen LogP contribution in [0.5, 0.6) is 0 Å². The Hall–Kier alpha value is -2.54. The number of esters is 1. The van der Waals surface area contributed by atoms with Crippen molar-refractivity contribution in [2.24, 2.45) is 4.99 Å². The number of rotatable bonds is 6. The van der Waals surface area contributed by atoms with E-state index in [2.05, 4.69) is 37.4 Å². The Morgan fingerprint density at radius 1 is 1.26 bits per heavy atom. The van der Waals surface area contributed by atoms with Crippen molar-refractivity contribution < 1.29 is 14.3 Å². The highest BCUT2D eigenvalue weighted by atomic mass is 32.2. The molecule has 1 atom stereocenters. The number of aliphatic imine (C=N–C) groups is 1. The Morgan fingerprint density at radius 2 is 2.00 bits per heavy atom. The van der Waals surface area contributed by atoms with Crippen LogP contribution in [0.3, 0.4) is 0 Å². The molecule has 1 aromatic rings. The predicted molar refractivity (Wildman–Crippen MR) is 123 cm³/mol. The minimum Gasteiger partial charge on any atom is -0.459 e. The molecule has 0 saturated heterocycles. The summed E-state index contributed by atoms with van der Waals surface area (Å²) >= 11 is 1.50. The zero-order valence-corrected chi connectivity index (χ0v) is 19.5. The number of nitrogens with one attached hydrogen (secondary N) is 1. The van der Waals surface area contributed by atoms with Crippen LogP contribution >= 0.6 is 11.8 Å². The SMILES string of the molecule is CC1=C(C(=O)OC(C)C)C(c2ccc(C)cc2C)N2C(CC(=O)NC3CC3)=CSC2=N1. The standard InChI is InChI=1S/C24H29N3O3S/c1-13(2)30-23(29)21-16(5)25-24-27(22(21)19-9-6-14(3)10-15(19)4)18(12-31-24)11-20(28)26-17-7-8-17/h6,9-10,12-13,17,22H,7-8,11H2,1-5H3,(H,26,28). The first kappa shape index (κ1) is 21.7. The van der Waals surface area contributed by atoms with Gasteiger partial charge < -0.3 is 15.0 Å². The fourth-order valence-corrected chi connectivity index (χ4v) is 4.97. The number of aryl methyl sites for hydroxylation is 2. The Kier molecular flexibility index (Phi) is 5.97. The van der Waals surface area contributed by atoms with E-state index in [4.69, 9.17) is 9.73 Å². The van der Waals surface area contributed by atoms with Gasteiger partial charge in [0, 0.05) is 11.7 Å². The van der Waals surface area contributed by atoms with Gasteiger partial charge in [0.1, 0.15) is 0 Å². The summed E-state index contributed by atoms with van der Waals surface area (Å²) in [5.41, 5.74) is 5.31. The molecule has 3 aliphatic rings. The molecular weight excluding hydrogens is 410 g/mol. The van der Waals surface area contributed by atoms with Crippen molar-refractivity contribution in [2.45, 2.75) is 72.1 Å². The molecule has 1 fully saturated rings. The molecule has 2 heterocycles. The average molecular weight is 440 g/mol. The number of allylic oxidation sites excluding steroid dienone is 1. The second-order valence-corrected chi connectivity index (χ2v) is 9.56. The van der Waals surface area contributed by atoms with Crippen molar-refractivity contribution in [2.75, 3.05) is 0 Å². The van der Waals surface area contributed by atoms with Crippen LogP contribution in [0.1, 0.15) is 62.8 Å². The van der Waals surface area contributed by atoms with E-state index in [0.717, 1.165) is 40.4 Å². The normalized spacial score (nSPS) is 20.5. The zero-order chi connectivity index (χ0) is 22.3. The number of carbonyl (C=O) groups excluding carboxylic acids is 2. The molecular formula is C24H29N3O3S. The molecule has 1 aliphatic carbocycles. The van der Waals surface area contributed by atoms with E-state index in [-0.39, 0.29) is 30.4 Å². The van der Waals surface area contributed by atoms with E-state index in [0.29, 0.717) is 17.3 Å². The summed E-state index contributed by atoms with van der Waals surface area (Å²) in [7, 11) is 0. The monoisotopic (exact) mass is 439 g/mol. The number of amides is 1. The first-order valence-corrected chi connectivity index (χ1v) is 11.6. The lowest BCUT2D eigenvalue weighted by molar-refractivity contribution is -0.143. The lowest BCUT2D eigenvalue weighted by atomic mass is 9.90. The Balaban J connectivity index is 1.75. The van der Waals surface area contributed by atoms with E-state index in [1.165, 1.54) is 11.8 Å². The molecule has 164 valence electrons. The summed E-state index contributed by atoms with van der Waals surface area (Å²) in [6.45, 7) is 9.66. The lowest BCUT2D eigenvalue weighted by Gasteiger charge is -2.37. The van der Waals surface area contributed by atoms with Gasteiger partial charge >= 0.3 is 5.97 Å². The summed E-state index contributed by atoms with van der Waals surface area (Å²) < 4.78 is 5.60. The fraction of sp³-hybridized carbons (Fsp3) is 0.458. The van der Waals surface area contributed by atoms with Crippen molar-refractivity contribution in [3.8, 4) is 0 Å². The molecule has 7 heteroatoms. The van der Waals surface area contributed by atoms with Gasteiger partial charge in [0.25, 0.3) is 0 Å². The van der Waals surface area contributed by atoms with Gasteiger partial charge in [0.05, 0.1) is 29.8 Å². The maximum Gasteiger partial charge on any atom is 0.338 e. The highest BCUT2D eigenvalue weighted by Gasteiger charge is 2.42. The van der Waals surface area contributed by atoms with Crippen LogP contribution in [-0.2, 0) is 14.3 Å². The summed E-state index contributed by atoms with van der Waals surface area (Å²) in [5, 5.41) is 5.83. The van der Waals surface area contributed by atoms with E-state index in [9.17, 15) is 9.59 Å². The van der Waals surface area contributed by atoms with E-state index in [1.807, 2.05) is 31.1 Å². The first-order valence-electron chi connectivity index (χ1n) is 10.8. The average Bonchev–Trinajstić information content (AvgIpc) is 3.39. The molecule has 0 bridgehead atoms. The molecule has 1 saturated carbocycles. The number of amidine groups is 1. The van der Waals surface area contributed by atoms with E-state index >= 15 is 0 Å². The van der Waals surface area contributed by atoms with Gasteiger partial charge in [-0.1, -0.05) is 35.5 Å². The van der Waals surface area contributed by atoms with Gasteiger partial charge in [-0.05, 0) is 64.0 Å². The number of thioether (sulfide) groups is 1. The molecule has 0 spiro atoms. The molecule has 0 aromatic heterocycles. The predicted octanol–water partition coefficient (Wildman–Crippen LogP) is 4.50.